The van der Waals surface area contributed by atoms with Crippen LogP contribution in [0.3, 0.4) is 0 Å². The minimum absolute atomic E-state index is 0.0389. The van der Waals surface area contributed by atoms with Crippen LogP contribution in [0.25, 0.3) is 0 Å². The molecular weight excluding hydrogens is 392 g/mol. The lowest BCUT2D eigenvalue weighted by Crippen LogP contribution is -2.53. The number of Topliss-reactive ketones (excluding diaryl/α,β-unsaturated/α-hetero) is 1. The first kappa shape index (κ1) is 24.4. The summed E-state index contributed by atoms with van der Waals surface area (Å²) in [4.78, 5) is 48.2. The molecule has 29 heavy (non-hydrogen) atoms. The molecule has 9 heteroatoms. The number of carbonyl (C=O) groups is 4. The van der Waals surface area contributed by atoms with Gasteiger partial charge in [-0.25, -0.2) is 0 Å². The quantitative estimate of drug-likeness (QED) is 0.355. The summed E-state index contributed by atoms with van der Waals surface area (Å²) < 4.78 is 0. The molecule has 3 amide bonds. The molecule has 0 aliphatic carbocycles. The lowest BCUT2D eigenvalue weighted by molar-refractivity contribution is -0.132. The van der Waals surface area contributed by atoms with E-state index in [1.165, 1.54) is 6.92 Å². The molecule has 0 radical (unpaired) electrons. The molecule has 0 fully saturated rings. The highest BCUT2D eigenvalue weighted by atomic mass is 32.2. The third-order valence-electron chi connectivity index (χ3n) is 4.09. The topological polar surface area (TPSA) is 128 Å². The van der Waals surface area contributed by atoms with Crippen molar-refractivity contribution in [3.63, 3.8) is 0 Å². The van der Waals surface area contributed by atoms with Crippen molar-refractivity contribution in [2.45, 2.75) is 44.8 Å². The first-order valence-electron chi connectivity index (χ1n) is 9.28. The number of nitrogens with one attached hydrogen (secondary N) is 4. The van der Waals surface area contributed by atoms with Crippen molar-refractivity contribution in [1.82, 2.24) is 16.0 Å². The van der Waals surface area contributed by atoms with E-state index in [2.05, 4.69) is 16.0 Å². The summed E-state index contributed by atoms with van der Waals surface area (Å²) in [5, 5.41) is 15.0. The predicted molar refractivity (Wildman–Crippen MR) is 114 cm³/mol. The maximum absolute atomic E-state index is 12.6. The highest BCUT2D eigenvalue weighted by Crippen LogP contribution is 2.05. The van der Waals surface area contributed by atoms with E-state index in [4.69, 9.17) is 5.41 Å². The van der Waals surface area contributed by atoms with Gasteiger partial charge in [-0.15, -0.1) is 0 Å². The van der Waals surface area contributed by atoms with E-state index < -0.39 is 29.7 Å². The zero-order valence-electron chi connectivity index (χ0n) is 16.7. The smallest absolute Gasteiger partial charge is 0.243 e. The van der Waals surface area contributed by atoms with Gasteiger partial charge in [0.1, 0.15) is 12.1 Å². The van der Waals surface area contributed by atoms with Crippen LogP contribution in [0.2, 0.25) is 0 Å². The van der Waals surface area contributed by atoms with Crippen LogP contribution in [0.15, 0.2) is 30.3 Å². The molecule has 0 aliphatic heterocycles. The van der Waals surface area contributed by atoms with E-state index in [0.717, 1.165) is 5.56 Å². The molecular formula is C20H28N4O4S. The fraction of sp³-hybridized carbons (Fsp3) is 0.450. The predicted octanol–water partition coefficient (Wildman–Crippen LogP) is 1.04. The number of hydrogen-bond donors (Lipinski definition) is 4. The molecule has 0 saturated carbocycles. The van der Waals surface area contributed by atoms with Crippen LogP contribution in [0.1, 0.15) is 31.7 Å². The van der Waals surface area contributed by atoms with E-state index in [1.54, 1.807) is 11.8 Å². The minimum Gasteiger partial charge on any atom is -0.350 e. The van der Waals surface area contributed by atoms with E-state index >= 15 is 0 Å². The maximum atomic E-state index is 12.6. The van der Waals surface area contributed by atoms with Crippen LogP contribution in [0.5, 0.6) is 0 Å². The summed E-state index contributed by atoms with van der Waals surface area (Å²) in [5.41, 5.74) is 0.901. The van der Waals surface area contributed by atoms with Gasteiger partial charge in [-0.05, 0) is 30.4 Å². The normalized spacial score (nSPS) is 12.3. The highest BCUT2D eigenvalue weighted by molar-refractivity contribution is 7.98. The van der Waals surface area contributed by atoms with Crippen LogP contribution < -0.4 is 16.0 Å². The average molecular weight is 421 g/mol. The largest absolute Gasteiger partial charge is 0.350 e. The lowest BCUT2D eigenvalue weighted by Gasteiger charge is -2.22. The molecule has 0 saturated heterocycles. The van der Waals surface area contributed by atoms with Gasteiger partial charge in [0.05, 0.1) is 6.21 Å². The number of hydrogen-bond acceptors (Lipinski definition) is 6. The molecule has 1 aromatic rings. The monoisotopic (exact) mass is 420 g/mol. The molecule has 2 atom stereocenters. The first-order valence-corrected chi connectivity index (χ1v) is 10.7. The summed E-state index contributed by atoms with van der Waals surface area (Å²) in [7, 11) is 0. The highest BCUT2D eigenvalue weighted by Gasteiger charge is 2.26. The Labute approximate surface area is 175 Å². The molecule has 8 nitrogen and oxygen atoms in total. The summed E-state index contributed by atoms with van der Waals surface area (Å²) in [6, 6.07) is 7.60. The lowest BCUT2D eigenvalue weighted by atomic mass is 10.1. The number of ketones is 1. The summed E-state index contributed by atoms with van der Waals surface area (Å²) in [6.45, 7) is 1.61. The molecule has 1 rings (SSSR count). The molecule has 0 spiro atoms. The maximum Gasteiger partial charge on any atom is 0.243 e. The molecule has 0 heterocycles. The van der Waals surface area contributed by atoms with Gasteiger partial charge in [0.2, 0.25) is 17.7 Å². The summed E-state index contributed by atoms with van der Waals surface area (Å²) in [6.07, 6.45) is 3.04. The Morgan fingerprint density at radius 3 is 2.28 bits per heavy atom. The second-order valence-corrected chi connectivity index (χ2v) is 7.43. The van der Waals surface area contributed by atoms with Crippen molar-refractivity contribution in [3.8, 4) is 0 Å². The van der Waals surface area contributed by atoms with Crippen LogP contribution in [0, 0.1) is 5.41 Å². The molecule has 158 valence electrons. The Balaban J connectivity index is 2.80. The molecule has 0 bridgehead atoms. The molecule has 0 aromatic heterocycles. The van der Waals surface area contributed by atoms with Gasteiger partial charge in [0, 0.05) is 19.9 Å². The van der Waals surface area contributed by atoms with Crippen LogP contribution in [0.4, 0.5) is 0 Å². The van der Waals surface area contributed by atoms with Gasteiger partial charge >= 0.3 is 0 Å². The van der Waals surface area contributed by atoms with Crippen LogP contribution in [-0.2, 0) is 25.7 Å². The SMILES string of the molecule is CSCC[C@H](NC(C)=O)C(=O)N[C@@H](CCC(=O)C=N)C(=O)NCc1ccccc1. The van der Waals surface area contributed by atoms with Crippen molar-refractivity contribution in [2.24, 2.45) is 0 Å². The minimum atomic E-state index is -0.944. The zero-order valence-corrected chi connectivity index (χ0v) is 17.5. The second kappa shape index (κ2) is 13.5. The van der Waals surface area contributed by atoms with Gasteiger partial charge in [-0.1, -0.05) is 30.3 Å². The molecule has 0 aliphatic rings. The van der Waals surface area contributed by atoms with Crippen molar-refractivity contribution >= 4 is 41.5 Å². The van der Waals surface area contributed by atoms with Crippen LogP contribution in [-0.4, -0.2) is 53.8 Å². The van der Waals surface area contributed by atoms with Crippen molar-refractivity contribution in [2.75, 3.05) is 12.0 Å². The van der Waals surface area contributed by atoms with E-state index in [0.29, 0.717) is 18.4 Å². The van der Waals surface area contributed by atoms with Crippen molar-refractivity contribution in [3.05, 3.63) is 35.9 Å². The average Bonchev–Trinajstić information content (AvgIpc) is 2.72. The fourth-order valence-electron chi connectivity index (χ4n) is 2.56. The Morgan fingerprint density at radius 2 is 1.69 bits per heavy atom. The molecule has 1 aromatic carbocycles. The summed E-state index contributed by atoms with van der Waals surface area (Å²) in [5.74, 6) is -1.01. The number of rotatable bonds is 13. The standard InChI is InChI=1S/C20H28N4O4S/c1-14(25)23-18(10-11-29-2)20(28)24-17(9-8-16(26)12-21)19(27)22-13-15-6-4-3-5-7-15/h3-7,12,17-18,21H,8-11,13H2,1-2H3,(H,22,27)(H,23,25)(H,24,28)/t17-,18-/m0/s1. The van der Waals surface area contributed by atoms with Gasteiger partial charge in [0.25, 0.3) is 0 Å². The summed E-state index contributed by atoms with van der Waals surface area (Å²) >= 11 is 1.54. The number of thioether (sulfide) groups is 1. The number of benzene rings is 1. The number of carbonyl (C=O) groups excluding carboxylic acids is 4. The Hall–Kier alpha value is -2.68. The van der Waals surface area contributed by atoms with Crippen molar-refractivity contribution < 1.29 is 19.2 Å². The second-order valence-electron chi connectivity index (χ2n) is 6.45. The zero-order chi connectivity index (χ0) is 21.6. The van der Waals surface area contributed by atoms with Gasteiger partial charge in [-0.3, -0.25) is 19.2 Å². The Bertz CT molecular complexity index is 712. The Morgan fingerprint density at radius 1 is 1.03 bits per heavy atom. The fourth-order valence-corrected chi connectivity index (χ4v) is 3.03. The third kappa shape index (κ3) is 9.89. The van der Waals surface area contributed by atoms with Crippen LogP contribution >= 0.6 is 11.8 Å². The Kier molecular flexibility index (Phi) is 11.3. The van der Waals surface area contributed by atoms with Crippen molar-refractivity contribution in [1.29, 1.82) is 5.41 Å². The number of amides is 3. The van der Waals surface area contributed by atoms with Gasteiger partial charge < -0.3 is 21.4 Å². The van der Waals surface area contributed by atoms with Gasteiger partial charge in [0.15, 0.2) is 5.78 Å². The van der Waals surface area contributed by atoms with E-state index in [1.807, 2.05) is 36.6 Å². The molecule has 4 N–H and O–H groups in total. The van der Waals surface area contributed by atoms with E-state index in [-0.39, 0.29) is 25.3 Å². The molecule has 0 unspecified atom stereocenters. The first-order chi connectivity index (χ1) is 13.9. The van der Waals surface area contributed by atoms with Gasteiger partial charge in [-0.2, -0.15) is 11.8 Å². The van der Waals surface area contributed by atoms with E-state index in [9.17, 15) is 19.2 Å². The third-order valence-corrected chi connectivity index (χ3v) is 4.73.